The maximum Gasteiger partial charge on any atom is 0.501 e. The zero-order valence-electron chi connectivity index (χ0n) is 15.6. The van der Waals surface area contributed by atoms with Crippen LogP contribution >= 0.6 is 0 Å². The van der Waals surface area contributed by atoms with E-state index in [4.69, 9.17) is 5.73 Å². The quantitative estimate of drug-likeness (QED) is 0.660. The molecule has 30 heavy (non-hydrogen) atoms. The first kappa shape index (κ1) is 22.4. The molecule has 1 fully saturated rings. The molecule has 0 aliphatic carbocycles. The van der Waals surface area contributed by atoms with Crippen molar-refractivity contribution in [1.82, 2.24) is 4.31 Å². The average molecular weight is 464 g/mol. The largest absolute Gasteiger partial charge is 0.501 e. The maximum atomic E-state index is 12.8. The molecule has 0 atom stereocenters. The van der Waals surface area contributed by atoms with Crippen molar-refractivity contribution in [2.24, 2.45) is 0 Å². The molecule has 0 spiro atoms. The number of nitrogens with zero attached hydrogens (tertiary/aromatic N) is 1. The van der Waals surface area contributed by atoms with Crippen LogP contribution in [0.3, 0.4) is 0 Å². The number of piperidine rings is 1. The van der Waals surface area contributed by atoms with Crippen LogP contribution in [0.1, 0.15) is 12.8 Å². The minimum atomic E-state index is -5.44. The van der Waals surface area contributed by atoms with Crippen molar-refractivity contribution in [3.63, 3.8) is 0 Å². The molecule has 1 aliphatic heterocycles. The number of hydrogen-bond acceptors (Lipinski definition) is 6. The molecule has 2 aromatic carbocycles. The monoisotopic (exact) mass is 463 g/mol. The van der Waals surface area contributed by atoms with Crippen molar-refractivity contribution in [2.75, 3.05) is 24.1 Å². The SMILES string of the molecule is Nc1ccccc1S(=O)(=O)N1CCC(Nc2cccc(S(=O)(=O)C(F)(F)F)c2)CC1. The van der Waals surface area contributed by atoms with E-state index in [-0.39, 0.29) is 35.4 Å². The van der Waals surface area contributed by atoms with Gasteiger partial charge >= 0.3 is 5.51 Å². The summed E-state index contributed by atoms with van der Waals surface area (Å²) in [5.74, 6) is 0. The van der Waals surface area contributed by atoms with Gasteiger partial charge in [0.1, 0.15) is 4.90 Å². The number of para-hydroxylation sites is 1. The molecule has 0 amide bonds. The number of hydrogen-bond donors (Lipinski definition) is 2. The number of alkyl halides is 3. The van der Waals surface area contributed by atoms with E-state index < -0.39 is 30.3 Å². The fourth-order valence-electron chi connectivity index (χ4n) is 3.22. The van der Waals surface area contributed by atoms with Gasteiger partial charge in [-0.1, -0.05) is 18.2 Å². The van der Waals surface area contributed by atoms with Crippen LogP contribution in [-0.4, -0.2) is 45.8 Å². The van der Waals surface area contributed by atoms with E-state index in [0.29, 0.717) is 12.8 Å². The van der Waals surface area contributed by atoms with Gasteiger partial charge < -0.3 is 11.1 Å². The number of halogens is 3. The standard InChI is InChI=1S/C18H20F3N3O4S2/c19-18(20,21)29(25,26)15-5-3-4-14(12-15)23-13-8-10-24(11-9-13)30(27,28)17-7-2-1-6-16(17)22/h1-7,12-13,23H,8-11,22H2. The molecule has 1 aliphatic rings. The van der Waals surface area contributed by atoms with E-state index in [1.165, 1.54) is 28.6 Å². The first-order chi connectivity index (χ1) is 13.9. The molecular weight excluding hydrogens is 443 g/mol. The van der Waals surface area contributed by atoms with Gasteiger partial charge in [0.25, 0.3) is 9.84 Å². The molecule has 0 saturated carbocycles. The first-order valence-corrected chi connectivity index (χ1v) is 11.9. The zero-order chi connectivity index (χ0) is 22.2. The van der Waals surface area contributed by atoms with Gasteiger partial charge in [0.05, 0.1) is 10.6 Å². The molecular formula is C18H20F3N3O4S2. The van der Waals surface area contributed by atoms with Crippen molar-refractivity contribution < 1.29 is 30.0 Å². The lowest BCUT2D eigenvalue weighted by Crippen LogP contribution is -2.42. The summed E-state index contributed by atoms with van der Waals surface area (Å²) in [4.78, 5) is -0.818. The Balaban J connectivity index is 1.69. The molecule has 0 aromatic heterocycles. The number of rotatable bonds is 5. The Morgan fingerprint density at radius 2 is 1.60 bits per heavy atom. The van der Waals surface area contributed by atoms with Crippen molar-refractivity contribution in [3.05, 3.63) is 48.5 Å². The second kappa shape index (κ2) is 8.08. The number of nitrogens with two attached hydrogens (primary N) is 1. The number of sulfonamides is 1. The third-order valence-corrected chi connectivity index (χ3v) is 8.27. The van der Waals surface area contributed by atoms with Crippen LogP contribution in [0.15, 0.2) is 58.3 Å². The van der Waals surface area contributed by atoms with Crippen molar-refractivity contribution >= 4 is 31.2 Å². The number of benzene rings is 2. The van der Waals surface area contributed by atoms with Gasteiger partial charge in [-0.3, -0.25) is 0 Å². The fourth-order valence-corrected chi connectivity index (χ4v) is 5.61. The predicted octanol–water partition coefficient (Wildman–Crippen LogP) is 2.83. The van der Waals surface area contributed by atoms with Crippen LogP contribution in [-0.2, 0) is 19.9 Å². The van der Waals surface area contributed by atoms with Crippen molar-refractivity contribution in [1.29, 1.82) is 0 Å². The number of sulfone groups is 1. The van der Waals surface area contributed by atoms with E-state index in [9.17, 15) is 30.0 Å². The normalized spacial score (nSPS) is 17.0. The van der Waals surface area contributed by atoms with Gasteiger partial charge in [0, 0.05) is 24.8 Å². The summed E-state index contributed by atoms with van der Waals surface area (Å²) in [6.07, 6.45) is 0.782. The molecule has 0 radical (unpaired) electrons. The number of anilines is 2. The van der Waals surface area contributed by atoms with Crippen LogP contribution < -0.4 is 11.1 Å². The highest BCUT2D eigenvalue weighted by Gasteiger charge is 2.46. The molecule has 3 rings (SSSR count). The number of nitrogen functional groups attached to an aromatic ring is 1. The molecule has 0 bridgehead atoms. The Morgan fingerprint density at radius 1 is 0.967 bits per heavy atom. The second-order valence-electron chi connectivity index (χ2n) is 6.84. The van der Waals surface area contributed by atoms with E-state index in [1.54, 1.807) is 12.1 Å². The lowest BCUT2D eigenvalue weighted by Gasteiger charge is -2.32. The van der Waals surface area contributed by atoms with E-state index >= 15 is 0 Å². The van der Waals surface area contributed by atoms with E-state index in [0.717, 1.165) is 12.1 Å². The topological polar surface area (TPSA) is 110 Å². The van der Waals surface area contributed by atoms with Crippen LogP contribution in [0.2, 0.25) is 0 Å². The third-order valence-electron chi connectivity index (χ3n) is 4.81. The molecule has 12 heteroatoms. The minimum Gasteiger partial charge on any atom is -0.398 e. The van der Waals surface area contributed by atoms with Crippen LogP contribution in [0.5, 0.6) is 0 Å². The Kier molecular flexibility index (Phi) is 6.03. The molecule has 3 N–H and O–H groups in total. The van der Waals surface area contributed by atoms with Gasteiger partial charge in [-0.05, 0) is 43.2 Å². The highest BCUT2D eigenvalue weighted by Crippen LogP contribution is 2.32. The van der Waals surface area contributed by atoms with Gasteiger partial charge in [-0.2, -0.15) is 17.5 Å². The summed E-state index contributed by atoms with van der Waals surface area (Å²) in [5, 5.41) is 2.99. The summed E-state index contributed by atoms with van der Waals surface area (Å²) in [6.45, 7) is 0.379. The number of nitrogens with one attached hydrogen (secondary N) is 1. The smallest absolute Gasteiger partial charge is 0.398 e. The fraction of sp³-hybridized carbons (Fsp3) is 0.333. The van der Waals surface area contributed by atoms with Gasteiger partial charge in [0.15, 0.2) is 0 Å². The summed E-state index contributed by atoms with van der Waals surface area (Å²) in [5.41, 5.74) is 0.761. The second-order valence-corrected chi connectivity index (χ2v) is 10.7. The summed E-state index contributed by atoms with van der Waals surface area (Å²) < 4.78 is 88.3. The Hall–Kier alpha value is -2.31. The lowest BCUT2D eigenvalue weighted by atomic mass is 10.1. The maximum absolute atomic E-state index is 12.8. The van der Waals surface area contributed by atoms with E-state index in [2.05, 4.69) is 5.32 Å². The van der Waals surface area contributed by atoms with Crippen molar-refractivity contribution in [2.45, 2.75) is 34.2 Å². The van der Waals surface area contributed by atoms with Crippen LogP contribution in [0.25, 0.3) is 0 Å². The molecule has 164 valence electrons. The third kappa shape index (κ3) is 4.40. The minimum absolute atomic E-state index is 0.0291. The lowest BCUT2D eigenvalue weighted by molar-refractivity contribution is -0.0436. The summed E-state index contributed by atoms with van der Waals surface area (Å²) in [7, 11) is -9.20. The highest BCUT2D eigenvalue weighted by atomic mass is 32.2. The Morgan fingerprint density at radius 3 is 2.20 bits per heavy atom. The highest BCUT2D eigenvalue weighted by molar-refractivity contribution is 7.92. The average Bonchev–Trinajstić information content (AvgIpc) is 2.68. The molecule has 2 aromatic rings. The molecule has 1 heterocycles. The Labute approximate surface area is 172 Å². The van der Waals surface area contributed by atoms with Gasteiger partial charge in [0.2, 0.25) is 10.0 Å². The van der Waals surface area contributed by atoms with Crippen LogP contribution in [0.4, 0.5) is 24.5 Å². The van der Waals surface area contributed by atoms with Gasteiger partial charge in [-0.25, -0.2) is 16.8 Å². The molecule has 0 unspecified atom stereocenters. The van der Waals surface area contributed by atoms with Gasteiger partial charge in [-0.15, -0.1) is 0 Å². The van der Waals surface area contributed by atoms with Crippen molar-refractivity contribution in [3.8, 4) is 0 Å². The Bertz CT molecular complexity index is 1130. The zero-order valence-corrected chi connectivity index (χ0v) is 17.3. The van der Waals surface area contributed by atoms with Crippen LogP contribution in [0, 0.1) is 0 Å². The molecule has 1 saturated heterocycles. The molecule has 7 nitrogen and oxygen atoms in total. The summed E-state index contributed by atoms with van der Waals surface area (Å²) in [6, 6.07) is 10.4. The first-order valence-electron chi connectivity index (χ1n) is 8.95. The van der Waals surface area contributed by atoms with E-state index in [1.807, 2.05) is 0 Å². The summed E-state index contributed by atoms with van der Waals surface area (Å²) >= 11 is 0. The predicted molar refractivity (Wildman–Crippen MR) is 106 cm³/mol.